The molecule has 1 aliphatic carbocycles. The van der Waals surface area contributed by atoms with Crippen molar-refractivity contribution in [3.05, 3.63) is 157 Å². The third-order valence-corrected chi connectivity index (χ3v) is 5.88. The Balaban J connectivity index is 0.000000410. The van der Waals surface area contributed by atoms with Gasteiger partial charge in [-0.2, -0.15) is 49.2 Å². The van der Waals surface area contributed by atoms with Gasteiger partial charge in [0.25, 0.3) is 0 Å². The molecule has 3 aromatic carbocycles. The van der Waals surface area contributed by atoms with E-state index in [0.29, 0.717) is 6.54 Å². The molecule has 3 heteroatoms. The number of carbonyl (C=O) groups excluding carboxylic acids is 1. The Labute approximate surface area is 256 Å². The van der Waals surface area contributed by atoms with Gasteiger partial charge in [0, 0.05) is 23.9 Å². The van der Waals surface area contributed by atoms with Crippen molar-refractivity contribution >= 4 is 5.78 Å². The summed E-state index contributed by atoms with van der Waals surface area (Å²) in [6, 6.07) is 29.9. The fourth-order valence-corrected chi connectivity index (χ4v) is 3.58. The molecule has 2 nitrogen and oxygen atoms in total. The molecule has 0 unspecified atom stereocenters. The van der Waals surface area contributed by atoms with E-state index in [1.54, 1.807) is 0 Å². The van der Waals surface area contributed by atoms with Crippen molar-refractivity contribution in [3.63, 3.8) is 0 Å². The Morgan fingerprint density at radius 1 is 0.667 bits per heavy atom. The van der Waals surface area contributed by atoms with E-state index < -0.39 is 0 Å². The number of allylic oxidation sites excluding steroid dienone is 5. The molecule has 39 heavy (non-hydrogen) atoms. The van der Waals surface area contributed by atoms with Gasteiger partial charge in [-0.1, -0.05) is 90.1 Å². The van der Waals surface area contributed by atoms with Gasteiger partial charge in [-0.25, -0.2) is 0 Å². The summed E-state index contributed by atoms with van der Waals surface area (Å²) < 4.78 is 0. The van der Waals surface area contributed by atoms with Gasteiger partial charge in [-0.15, -0.1) is 24.3 Å². The van der Waals surface area contributed by atoms with Gasteiger partial charge in [0.05, 0.1) is 0 Å². The second-order valence-corrected chi connectivity index (χ2v) is 11.4. The molecule has 0 heterocycles. The minimum atomic E-state index is -0.166. The Kier molecular flexibility index (Phi) is 14.1. The van der Waals surface area contributed by atoms with Crippen LogP contribution in [-0.4, -0.2) is 5.78 Å². The number of nitrogens with one attached hydrogen (secondary N) is 1. The maximum atomic E-state index is 12.9. The molecule has 0 bridgehead atoms. The van der Waals surface area contributed by atoms with Crippen LogP contribution in [0, 0.1) is 24.7 Å². The zero-order valence-electron chi connectivity index (χ0n) is 24.4. The van der Waals surface area contributed by atoms with E-state index in [1.165, 1.54) is 11.1 Å². The molecule has 0 radical (unpaired) electrons. The largest absolute Gasteiger partial charge is 2.00 e. The normalized spacial score (nSPS) is 13.9. The standard InChI is InChI=1S/C22H29NO.2C7H7.Zr/c1-21(2,3)18-12-17(20(24)19(13-18)22(4,5)6)15-23-14-16-10-8-7-9-11-16;2*1-7-5-3-2-4-6-7;/h7-13,15,23H,14H2,1-6H3;2*2-6H,1H2;/q;2*-1;+2/b17-15-;;;. The first-order valence-electron chi connectivity index (χ1n) is 13.1. The van der Waals surface area contributed by atoms with Crippen LogP contribution in [0.3, 0.4) is 0 Å². The van der Waals surface area contributed by atoms with Gasteiger partial charge in [-0.3, -0.25) is 4.79 Å². The average molecular weight is 597 g/mol. The van der Waals surface area contributed by atoms with Crippen LogP contribution in [0.15, 0.2) is 126 Å². The molecule has 0 saturated carbocycles. The maximum absolute atomic E-state index is 12.9. The number of Topliss-reactive ketones (excluding diaryl/α,β-unsaturated/α-hetero) is 1. The molecule has 202 valence electrons. The van der Waals surface area contributed by atoms with Gasteiger partial charge in [0.2, 0.25) is 0 Å². The molecule has 0 fully saturated rings. The zero-order valence-corrected chi connectivity index (χ0v) is 26.9. The molecule has 1 aliphatic rings. The van der Waals surface area contributed by atoms with E-state index in [4.69, 9.17) is 0 Å². The molecule has 0 aromatic heterocycles. The molecule has 1 N–H and O–H groups in total. The van der Waals surface area contributed by atoms with Gasteiger partial charge in [0.15, 0.2) is 5.78 Å². The maximum Gasteiger partial charge on any atom is 2.00 e. The van der Waals surface area contributed by atoms with Crippen molar-refractivity contribution in [2.45, 2.75) is 48.1 Å². The summed E-state index contributed by atoms with van der Waals surface area (Å²) in [6.07, 6.45) is 5.96. The number of benzene rings is 3. The van der Waals surface area contributed by atoms with Gasteiger partial charge >= 0.3 is 26.2 Å². The molecular formula is C36H43NOZr. The number of rotatable bonds is 3. The van der Waals surface area contributed by atoms with E-state index >= 15 is 0 Å². The average Bonchev–Trinajstić information content (AvgIpc) is 2.86. The van der Waals surface area contributed by atoms with Crippen LogP contribution in [0.4, 0.5) is 0 Å². The molecule has 0 spiro atoms. The van der Waals surface area contributed by atoms with Crippen LogP contribution >= 0.6 is 0 Å². The van der Waals surface area contributed by atoms with Crippen molar-refractivity contribution in [1.29, 1.82) is 0 Å². The zero-order chi connectivity index (χ0) is 28.2. The predicted molar refractivity (Wildman–Crippen MR) is 163 cm³/mol. The predicted octanol–water partition coefficient (Wildman–Crippen LogP) is 8.92. The smallest absolute Gasteiger partial charge is 0.386 e. The van der Waals surface area contributed by atoms with E-state index in [-0.39, 0.29) is 42.8 Å². The second-order valence-electron chi connectivity index (χ2n) is 11.4. The Morgan fingerprint density at radius 3 is 1.46 bits per heavy atom. The molecule has 3 aromatic rings. The summed E-state index contributed by atoms with van der Waals surface area (Å²) in [7, 11) is 0. The summed E-state index contributed by atoms with van der Waals surface area (Å²) in [5.74, 6) is 0.121. The SMILES string of the molecule is CC(C)(C)C1=C/C(=C/NCc2ccccc2)C(=O)C(C(C)(C)C)=C1.[CH2-]c1ccccc1.[CH2-]c1ccccc1.[Zr+2]. The van der Waals surface area contributed by atoms with Crippen LogP contribution in [0.1, 0.15) is 58.2 Å². The van der Waals surface area contributed by atoms with E-state index in [9.17, 15) is 4.79 Å². The van der Waals surface area contributed by atoms with E-state index in [1.807, 2.05) is 91.1 Å². The molecule has 4 rings (SSSR count). The van der Waals surface area contributed by atoms with Crippen LogP contribution in [0.5, 0.6) is 0 Å². The quantitative estimate of drug-likeness (QED) is 0.242. The minimum absolute atomic E-state index is 0. The number of carbonyl (C=O) groups is 1. The Bertz CT molecular complexity index is 1190. The number of hydrogen-bond acceptors (Lipinski definition) is 2. The van der Waals surface area contributed by atoms with Crippen LogP contribution < -0.4 is 5.32 Å². The summed E-state index contributed by atoms with van der Waals surface area (Å²) in [5, 5.41) is 3.29. The van der Waals surface area contributed by atoms with Crippen molar-refractivity contribution in [2.24, 2.45) is 10.8 Å². The first kappa shape index (κ1) is 34.0. The molecule has 0 atom stereocenters. The van der Waals surface area contributed by atoms with Crippen molar-refractivity contribution in [3.8, 4) is 0 Å². The number of hydrogen-bond donors (Lipinski definition) is 1. The summed E-state index contributed by atoms with van der Waals surface area (Å²) >= 11 is 0. The summed E-state index contributed by atoms with van der Waals surface area (Å²) in [4.78, 5) is 12.9. The van der Waals surface area contributed by atoms with Gasteiger partial charge in [-0.05, 0) is 28.0 Å². The summed E-state index contributed by atoms with van der Waals surface area (Å²) in [5.41, 5.74) is 6.00. The molecule has 0 saturated heterocycles. The fraction of sp³-hybridized carbons (Fsp3) is 0.250. The Morgan fingerprint density at radius 2 is 1.10 bits per heavy atom. The number of ketones is 1. The van der Waals surface area contributed by atoms with Crippen molar-refractivity contribution < 1.29 is 31.0 Å². The van der Waals surface area contributed by atoms with Crippen molar-refractivity contribution in [2.75, 3.05) is 0 Å². The first-order chi connectivity index (χ1) is 17.9. The van der Waals surface area contributed by atoms with Crippen LogP contribution in [-0.2, 0) is 37.5 Å². The van der Waals surface area contributed by atoms with Crippen molar-refractivity contribution in [1.82, 2.24) is 5.32 Å². The van der Waals surface area contributed by atoms with Crippen LogP contribution in [0.2, 0.25) is 0 Å². The molecule has 0 amide bonds. The summed E-state index contributed by atoms with van der Waals surface area (Å²) in [6.45, 7) is 21.0. The van der Waals surface area contributed by atoms with Gasteiger partial charge < -0.3 is 5.32 Å². The van der Waals surface area contributed by atoms with E-state index in [0.717, 1.165) is 22.3 Å². The topological polar surface area (TPSA) is 29.1 Å². The molecule has 0 aliphatic heterocycles. The third-order valence-electron chi connectivity index (χ3n) is 5.88. The first-order valence-corrected chi connectivity index (χ1v) is 13.1. The van der Waals surface area contributed by atoms with Crippen LogP contribution in [0.25, 0.3) is 0 Å². The second kappa shape index (κ2) is 16.2. The van der Waals surface area contributed by atoms with Gasteiger partial charge in [0.1, 0.15) is 0 Å². The monoisotopic (exact) mass is 595 g/mol. The Hall–Kier alpha value is -3.03. The van der Waals surface area contributed by atoms with E-state index in [2.05, 4.69) is 78.9 Å². The molecular weight excluding hydrogens is 554 g/mol. The third kappa shape index (κ3) is 12.6. The fourth-order valence-electron chi connectivity index (χ4n) is 3.58. The minimum Gasteiger partial charge on any atom is -0.386 e.